The summed E-state index contributed by atoms with van der Waals surface area (Å²) < 4.78 is 5.14. The first-order valence-electron chi connectivity index (χ1n) is 6.71. The predicted octanol–water partition coefficient (Wildman–Crippen LogP) is 2.13. The van der Waals surface area contributed by atoms with Gasteiger partial charge in [0.25, 0.3) is 0 Å². The molecule has 0 unspecified atom stereocenters. The minimum Gasteiger partial charge on any atom is -0.383 e. The summed E-state index contributed by atoms with van der Waals surface area (Å²) in [4.78, 5) is 2.43. The molecule has 0 heterocycles. The van der Waals surface area contributed by atoms with Crippen LogP contribution in [0.1, 0.15) is 19.4 Å². The molecular weight excluding hydrogens is 224 g/mol. The van der Waals surface area contributed by atoms with Gasteiger partial charge in [0.05, 0.1) is 6.61 Å². The molecule has 0 aliphatic carbocycles. The molecule has 1 N–H and O–H groups in total. The highest BCUT2D eigenvalue weighted by Gasteiger charge is 2.07. The Balaban J connectivity index is 2.18. The van der Waals surface area contributed by atoms with Crippen LogP contribution in [0.25, 0.3) is 0 Å². The summed E-state index contributed by atoms with van der Waals surface area (Å²) in [6, 6.07) is 11.1. The molecule has 0 bridgehead atoms. The van der Waals surface area contributed by atoms with E-state index in [2.05, 4.69) is 54.4 Å². The Morgan fingerprint density at radius 2 is 1.89 bits per heavy atom. The second kappa shape index (κ2) is 9.09. The van der Waals surface area contributed by atoms with E-state index in [1.807, 2.05) is 0 Å². The molecule has 0 fully saturated rings. The number of benzene rings is 1. The van der Waals surface area contributed by atoms with Gasteiger partial charge in [0.15, 0.2) is 0 Å². The van der Waals surface area contributed by atoms with Crippen molar-refractivity contribution in [2.24, 2.45) is 0 Å². The zero-order chi connectivity index (χ0) is 13.2. The van der Waals surface area contributed by atoms with Crippen LogP contribution in [-0.4, -0.2) is 44.3 Å². The van der Waals surface area contributed by atoms with Crippen LogP contribution in [0, 0.1) is 0 Å². The lowest BCUT2D eigenvalue weighted by Crippen LogP contribution is -2.38. The summed E-state index contributed by atoms with van der Waals surface area (Å²) in [7, 11) is 1.76. The van der Waals surface area contributed by atoms with E-state index >= 15 is 0 Å². The maximum absolute atomic E-state index is 5.14. The van der Waals surface area contributed by atoms with Crippen molar-refractivity contribution < 1.29 is 4.74 Å². The Kier molecular flexibility index (Phi) is 7.65. The van der Waals surface area contributed by atoms with Gasteiger partial charge in [0.2, 0.25) is 0 Å². The van der Waals surface area contributed by atoms with Crippen molar-refractivity contribution in [2.45, 2.75) is 26.4 Å². The Hall–Kier alpha value is -0.900. The third-order valence-corrected chi connectivity index (χ3v) is 3.06. The van der Waals surface area contributed by atoms with Gasteiger partial charge in [-0.3, -0.25) is 4.90 Å². The molecule has 0 amide bonds. The zero-order valence-electron chi connectivity index (χ0n) is 11.9. The molecule has 0 spiro atoms. The third-order valence-electron chi connectivity index (χ3n) is 3.06. The minimum absolute atomic E-state index is 0.568. The SMILES string of the molecule is COCCN(CCNCc1ccccc1)C(C)C. The van der Waals surface area contributed by atoms with Crippen molar-refractivity contribution in [3.8, 4) is 0 Å². The first-order valence-corrected chi connectivity index (χ1v) is 6.71. The summed E-state index contributed by atoms with van der Waals surface area (Å²) in [5.41, 5.74) is 1.34. The minimum atomic E-state index is 0.568. The third kappa shape index (κ3) is 6.15. The number of ether oxygens (including phenoxy) is 1. The molecule has 3 nitrogen and oxygen atoms in total. The average Bonchev–Trinajstić information content (AvgIpc) is 2.38. The van der Waals surface area contributed by atoms with Crippen LogP contribution >= 0.6 is 0 Å². The summed E-state index contributed by atoms with van der Waals surface area (Å²) in [6.45, 7) is 9.28. The van der Waals surface area contributed by atoms with Crippen LogP contribution < -0.4 is 5.32 Å². The average molecular weight is 250 g/mol. The number of nitrogens with zero attached hydrogens (tertiary/aromatic N) is 1. The Labute approximate surface area is 111 Å². The molecular formula is C15H26N2O. The molecule has 102 valence electrons. The molecule has 1 aromatic rings. The van der Waals surface area contributed by atoms with E-state index in [1.54, 1.807) is 7.11 Å². The smallest absolute Gasteiger partial charge is 0.0589 e. The lowest BCUT2D eigenvalue weighted by atomic mass is 10.2. The van der Waals surface area contributed by atoms with E-state index in [0.29, 0.717) is 6.04 Å². The zero-order valence-corrected chi connectivity index (χ0v) is 11.9. The molecule has 0 aliphatic heterocycles. The highest BCUT2D eigenvalue weighted by molar-refractivity contribution is 5.14. The fourth-order valence-electron chi connectivity index (χ4n) is 1.89. The van der Waals surface area contributed by atoms with E-state index in [1.165, 1.54) is 5.56 Å². The highest BCUT2D eigenvalue weighted by atomic mass is 16.5. The van der Waals surface area contributed by atoms with Gasteiger partial charge in [0, 0.05) is 39.3 Å². The molecule has 1 rings (SSSR count). The Morgan fingerprint density at radius 3 is 2.50 bits per heavy atom. The van der Waals surface area contributed by atoms with Crippen molar-refractivity contribution in [3.63, 3.8) is 0 Å². The van der Waals surface area contributed by atoms with E-state index in [9.17, 15) is 0 Å². The van der Waals surface area contributed by atoms with E-state index in [0.717, 1.165) is 32.8 Å². The molecule has 0 aromatic heterocycles. The normalized spacial score (nSPS) is 11.4. The second-order valence-electron chi connectivity index (χ2n) is 4.78. The van der Waals surface area contributed by atoms with Gasteiger partial charge in [-0.15, -0.1) is 0 Å². The van der Waals surface area contributed by atoms with Crippen molar-refractivity contribution in [2.75, 3.05) is 33.4 Å². The van der Waals surface area contributed by atoms with Gasteiger partial charge in [-0.05, 0) is 19.4 Å². The van der Waals surface area contributed by atoms with Crippen molar-refractivity contribution in [1.29, 1.82) is 0 Å². The molecule has 0 saturated heterocycles. The molecule has 0 atom stereocenters. The molecule has 0 aliphatic rings. The molecule has 0 radical (unpaired) electrons. The number of rotatable bonds is 9. The number of nitrogens with one attached hydrogen (secondary N) is 1. The summed E-state index contributed by atoms with van der Waals surface area (Å²) >= 11 is 0. The first kappa shape index (κ1) is 15.2. The molecule has 18 heavy (non-hydrogen) atoms. The van der Waals surface area contributed by atoms with Gasteiger partial charge >= 0.3 is 0 Å². The predicted molar refractivity (Wildman–Crippen MR) is 76.7 cm³/mol. The van der Waals surface area contributed by atoms with Crippen LogP contribution in [-0.2, 0) is 11.3 Å². The molecule has 3 heteroatoms. The van der Waals surface area contributed by atoms with Gasteiger partial charge in [0.1, 0.15) is 0 Å². The lowest BCUT2D eigenvalue weighted by molar-refractivity contribution is 0.130. The van der Waals surface area contributed by atoms with E-state index in [-0.39, 0.29) is 0 Å². The monoisotopic (exact) mass is 250 g/mol. The van der Waals surface area contributed by atoms with Crippen molar-refractivity contribution >= 4 is 0 Å². The largest absolute Gasteiger partial charge is 0.383 e. The fourth-order valence-corrected chi connectivity index (χ4v) is 1.89. The van der Waals surface area contributed by atoms with Gasteiger partial charge < -0.3 is 10.1 Å². The van der Waals surface area contributed by atoms with E-state index < -0.39 is 0 Å². The first-order chi connectivity index (χ1) is 8.74. The van der Waals surface area contributed by atoms with Crippen molar-refractivity contribution in [1.82, 2.24) is 10.2 Å². The maximum atomic E-state index is 5.14. The highest BCUT2D eigenvalue weighted by Crippen LogP contribution is 1.99. The van der Waals surface area contributed by atoms with Gasteiger partial charge in [-0.2, -0.15) is 0 Å². The van der Waals surface area contributed by atoms with Crippen LogP contribution in [0.3, 0.4) is 0 Å². The van der Waals surface area contributed by atoms with Crippen LogP contribution in [0.4, 0.5) is 0 Å². The summed E-state index contributed by atoms with van der Waals surface area (Å²) in [6.07, 6.45) is 0. The second-order valence-corrected chi connectivity index (χ2v) is 4.78. The summed E-state index contributed by atoms with van der Waals surface area (Å²) in [5, 5.41) is 3.48. The van der Waals surface area contributed by atoms with Crippen LogP contribution in [0.15, 0.2) is 30.3 Å². The van der Waals surface area contributed by atoms with Gasteiger partial charge in [-0.1, -0.05) is 30.3 Å². The number of methoxy groups -OCH3 is 1. The Bertz CT molecular complexity index is 301. The number of hydrogen-bond acceptors (Lipinski definition) is 3. The van der Waals surface area contributed by atoms with Crippen LogP contribution in [0.2, 0.25) is 0 Å². The number of hydrogen-bond donors (Lipinski definition) is 1. The Morgan fingerprint density at radius 1 is 1.17 bits per heavy atom. The van der Waals surface area contributed by atoms with Crippen molar-refractivity contribution in [3.05, 3.63) is 35.9 Å². The quantitative estimate of drug-likeness (QED) is 0.680. The standard InChI is InChI=1S/C15H26N2O/c1-14(2)17(11-12-18-3)10-9-16-13-15-7-5-4-6-8-15/h4-8,14,16H,9-13H2,1-3H3. The molecule has 1 aromatic carbocycles. The summed E-state index contributed by atoms with van der Waals surface area (Å²) in [5.74, 6) is 0. The molecule has 0 saturated carbocycles. The fraction of sp³-hybridized carbons (Fsp3) is 0.600. The van der Waals surface area contributed by atoms with Crippen LogP contribution in [0.5, 0.6) is 0 Å². The maximum Gasteiger partial charge on any atom is 0.0589 e. The van der Waals surface area contributed by atoms with E-state index in [4.69, 9.17) is 4.74 Å². The topological polar surface area (TPSA) is 24.5 Å². The lowest BCUT2D eigenvalue weighted by Gasteiger charge is -2.26. The van der Waals surface area contributed by atoms with Gasteiger partial charge in [-0.25, -0.2) is 0 Å².